The third-order valence-corrected chi connectivity index (χ3v) is 10.0. The second-order valence-electron chi connectivity index (χ2n) is 9.90. The third-order valence-electron chi connectivity index (χ3n) is 7.56. The molecule has 0 bridgehead atoms. The SMILES string of the molecule is CCc1ccc(NC(=O)CN2CN(c3ccccc3)C3(CCN(S(=O)(=O)c4ccc(Br)cc4)CC3)C2=O)cc1. The van der Waals surface area contributed by atoms with E-state index >= 15 is 0 Å². The lowest BCUT2D eigenvalue weighted by atomic mass is 9.86. The van der Waals surface area contributed by atoms with Crippen LogP contribution in [0.1, 0.15) is 25.3 Å². The quantitative estimate of drug-likeness (QED) is 0.426. The molecule has 2 aliphatic rings. The molecule has 8 nitrogen and oxygen atoms in total. The Hall–Kier alpha value is -3.21. The van der Waals surface area contributed by atoms with Gasteiger partial charge >= 0.3 is 0 Å². The topological polar surface area (TPSA) is 90.0 Å². The van der Waals surface area contributed by atoms with E-state index in [-0.39, 0.29) is 43.0 Å². The number of piperidine rings is 1. The molecule has 0 radical (unpaired) electrons. The Morgan fingerprint density at radius 2 is 1.59 bits per heavy atom. The average molecular weight is 612 g/mol. The number of para-hydroxylation sites is 1. The number of sulfonamides is 1. The molecular formula is C29H31BrN4O4S. The molecule has 39 heavy (non-hydrogen) atoms. The first-order valence-electron chi connectivity index (χ1n) is 13.0. The number of nitrogens with zero attached hydrogens (tertiary/aromatic N) is 3. The first-order chi connectivity index (χ1) is 18.7. The molecule has 2 amide bonds. The summed E-state index contributed by atoms with van der Waals surface area (Å²) in [5, 5.41) is 2.89. The van der Waals surface area contributed by atoms with Gasteiger partial charge in [-0.05, 0) is 73.4 Å². The largest absolute Gasteiger partial charge is 0.339 e. The summed E-state index contributed by atoms with van der Waals surface area (Å²) in [6.45, 7) is 2.65. The minimum absolute atomic E-state index is 0.0830. The monoisotopic (exact) mass is 610 g/mol. The number of halogens is 1. The van der Waals surface area contributed by atoms with Crippen molar-refractivity contribution in [1.29, 1.82) is 0 Å². The van der Waals surface area contributed by atoms with Crippen molar-refractivity contribution in [3.05, 3.63) is 88.9 Å². The maximum Gasteiger partial charge on any atom is 0.250 e. The van der Waals surface area contributed by atoms with Gasteiger partial charge in [-0.25, -0.2) is 8.42 Å². The highest BCUT2D eigenvalue weighted by atomic mass is 79.9. The summed E-state index contributed by atoms with van der Waals surface area (Å²) < 4.78 is 28.9. The summed E-state index contributed by atoms with van der Waals surface area (Å²) in [4.78, 5) is 30.7. The van der Waals surface area contributed by atoms with Gasteiger partial charge in [0.1, 0.15) is 12.1 Å². The van der Waals surface area contributed by atoms with Crippen molar-refractivity contribution in [2.45, 2.75) is 36.6 Å². The molecule has 2 fully saturated rings. The van der Waals surface area contributed by atoms with Gasteiger partial charge in [-0.2, -0.15) is 4.31 Å². The Balaban J connectivity index is 1.34. The Morgan fingerprint density at radius 1 is 0.949 bits per heavy atom. The van der Waals surface area contributed by atoms with Crippen molar-refractivity contribution >= 4 is 49.1 Å². The van der Waals surface area contributed by atoms with Crippen molar-refractivity contribution < 1.29 is 18.0 Å². The first-order valence-corrected chi connectivity index (χ1v) is 15.2. The lowest BCUT2D eigenvalue weighted by Gasteiger charge is -2.42. The molecule has 0 aromatic heterocycles. The van der Waals surface area contributed by atoms with Gasteiger partial charge in [0.2, 0.25) is 21.8 Å². The fourth-order valence-electron chi connectivity index (χ4n) is 5.37. The maximum absolute atomic E-state index is 13.9. The van der Waals surface area contributed by atoms with Crippen LogP contribution in [0.2, 0.25) is 0 Å². The molecule has 0 saturated carbocycles. The van der Waals surface area contributed by atoms with Crippen LogP contribution in [0.5, 0.6) is 0 Å². The van der Waals surface area contributed by atoms with Crippen LogP contribution in [0, 0.1) is 0 Å². The number of amides is 2. The second-order valence-corrected chi connectivity index (χ2v) is 12.7. The van der Waals surface area contributed by atoms with E-state index in [0.29, 0.717) is 18.5 Å². The summed E-state index contributed by atoms with van der Waals surface area (Å²) in [6.07, 6.45) is 1.57. The summed E-state index contributed by atoms with van der Waals surface area (Å²) in [5.74, 6) is -0.420. The molecule has 2 heterocycles. The lowest BCUT2D eigenvalue weighted by molar-refractivity contribution is -0.136. The fraction of sp³-hybridized carbons (Fsp3) is 0.310. The van der Waals surface area contributed by atoms with Crippen LogP contribution in [0.15, 0.2) is 88.2 Å². The molecule has 2 aliphatic heterocycles. The van der Waals surface area contributed by atoms with Crippen molar-refractivity contribution in [2.75, 3.05) is 36.5 Å². The molecule has 1 spiro atoms. The fourth-order valence-corrected chi connectivity index (χ4v) is 7.08. The summed E-state index contributed by atoms with van der Waals surface area (Å²) >= 11 is 3.35. The Labute approximate surface area is 237 Å². The zero-order valence-electron chi connectivity index (χ0n) is 21.7. The van der Waals surface area contributed by atoms with E-state index in [1.54, 1.807) is 29.2 Å². The van der Waals surface area contributed by atoms with Gasteiger partial charge < -0.3 is 15.1 Å². The van der Waals surface area contributed by atoms with Crippen LogP contribution in [0.25, 0.3) is 0 Å². The Morgan fingerprint density at radius 3 is 2.21 bits per heavy atom. The normalized spacial score (nSPS) is 17.5. The van der Waals surface area contributed by atoms with E-state index in [0.717, 1.165) is 16.6 Å². The Bertz CT molecular complexity index is 1440. The van der Waals surface area contributed by atoms with Crippen LogP contribution in [0.3, 0.4) is 0 Å². The predicted octanol–water partition coefficient (Wildman–Crippen LogP) is 4.48. The van der Waals surface area contributed by atoms with E-state index in [2.05, 4.69) is 28.2 Å². The van der Waals surface area contributed by atoms with Gasteiger partial charge in [-0.15, -0.1) is 0 Å². The second kappa shape index (κ2) is 11.1. The van der Waals surface area contributed by atoms with E-state index < -0.39 is 15.6 Å². The number of aryl methyl sites for hydroxylation is 1. The summed E-state index contributed by atoms with van der Waals surface area (Å²) in [5.41, 5.74) is 1.81. The van der Waals surface area contributed by atoms with Crippen molar-refractivity contribution in [2.24, 2.45) is 0 Å². The molecular weight excluding hydrogens is 580 g/mol. The molecule has 0 unspecified atom stereocenters. The zero-order chi connectivity index (χ0) is 27.6. The molecule has 204 valence electrons. The number of carbonyl (C=O) groups excluding carboxylic acids is 2. The van der Waals surface area contributed by atoms with Gasteiger partial charge in [-0.1, -0.05) is 53.2 Å². The number of nitrogens with one attached hydrogen (secondary N) is 1. The van der Waals surface area contributed by atoms with Crippen LogP contribution in [0.4, 0.5) is 11.4 Å². The predicted molar refractivity (Wildman–Crippen MR) is 155 cm³/mol. The molecule has 0 aliphatic carbocycles. The number of rotatable bonds is 7. The molecule has 3 aromatic rings. The molecule has 10 heteroatoms. The smallest absolute Gasteiger partial charge is 0.250 e. The van der Waals surface area contributed by atoms with Crippen LogP contribution in [-0.2, 0) is 26.0 Å². The molecule has 1 N–H and O–H groups in total. The number of benzene rings is 3. The van der Waals surface area contributed by atoms with Gasteiger partial charge in [-0.3, -0.25) is 9.59 Å². The van der Waals surface area contributed by atoms with Crippen LogP contribution < -0.4 is 10.2 Å². The van der Waals surface area contributed by atoms with Crippen molar-refractivity contribution in [1.82, 2.24) is 9.21 Å². The molecule has 0 atom stereocenters. The van der Waals surface area contributed by atoms with Gasteiger partial charge in [0.25, 0.3) is 0 Å². The number of hydrogen-bond donors (Lipinski definition) is 1. The van der Waals surface area contributed by atoms with E-state index in [1.807, 2.05) is 59.5 Å². The van der Waals surface area contributed by atoms with Crippen LogP contribution in [-0.4, -0.2) is 61.3 Å². The Kier molecular flexibility index (Phi) is 7.80. The standard InChI is InChI=1S/C29H31BrN4O4S/c1-2-22-8-12-24(13-9-22)31-27(35)20-32-21-34(25-6-4-3-5-7-25)29(28(32)36)16-18-33(19-17-29)39(37,38)26-14-10-23(30)11-15-26/h3-15H,2,16-21H2,1H3,(H,31,35). The highest BCUT2D eigenvalue weighted by molar-refractivity contribution is 9.10. The highest BCUT2D eigenvalue weighted by Gasteiger charge is 2.55. The van der Waals surface area contributed by atoms with E-state index in [1.165, 1.54) is 9.87 Å². The third kappa shape index (κ3) is 5.46. The lowest BCUT2D eigenvalue weighted by Crippen LogP contribution is -2.57. The van der Waals surface area contributed by atoms with Gasteiger partial charge in [0, 0.05) is 28.9 Å². The zero-order valence-corrected chi connectivity index (χ0v) is 24.1. The van der Waals surface area contributed by atoms with Gasteiger partial charge in [0.05, 0.1) is 11.6 Å². The molecule has 3 aromatic carbocycles. The number of anilines is 2. The minimum atomic E-state index is -3.69. The van der Waals surface area contributed by atoms with E-state index in [4.69, 9.17) is 0 Å². The van der Waals surface area contributed by atoms with Crippen molar-refractivity contribution in [3.8, 4) is 0 Å². The number of carbonyl (C=O) groups is 2. The first kappa shape index (κ1) is 27.4. The highest BCUT2D eigenvalue weighted by Crippen LogP contribution is 2.40. The minimum Gasteiger partial charge on any atom is -0.339 e. The maximum atomic E-state index is 13.9. The molecule has 5 rings (SSSR count). The average Bonchev–Trinajstić information content (AvgIpc) is 3.20. The number of hydrogen-bond acceptors (Lipinski definition) is 5. The molecule has 2 saturated heterocycles. The van der Waals surface area contributed by atoms with E-state index in [9.17, 15) is 18.0 Å². The summed E-state index contributed by atoms with van der Waals surface area (Å²) in [6, 6.07) is 23.9. The van der Waals surface area contributed by atoms with Gasteiger partial charge in [0.15, 0.2) is 0 Å². The van der Waals surface area contributed by atoms with Crippen LogP contribution >= 0.6 is 15.9 Å². The van der Waals surface area contributed by atoms with Crippen molar-refractivity contribution in [3.63, 3.8) is 0 Å². The summed E-state index contributed by atoms with van der Waals surface area (Å²) in [7, 11) is -3.69.